The molecule has 0 heterocycles. The molecule has 1 heteroatoms. The van der Waals surface area contributed by atoms with Gasteiger partial charge in [-0.25, -0.2) is 0 Å². The minimum absolute atomic E-state index is 1.38. The van der Waals surface area contributed by atoms with Crippen molar-refractivity contribution in [1.82, 2.24) is 0 Å². The molecule has 0 saturated heterocycles. The van der Waals surface area contributed by atoms with Gasteiger partial charge in [-0.3, -0.25) is 0 Å². The monoisotopic (exact) mass is 584 g/mol. The van der Waals surface area contributed by atoms with Crippen LogP contribution in [-0.4, -0.2) is 13.6 Å². The van der Waals surface area contributed by atoms with Gasteiger partial charge in [0.15, 0.2) is 0 Å². The van der Waals surface area contributed by atoms with E-state index in [4.69, 9.17) is 0 Å². The molecule has 0 aliphatic carbocycles. The molecule has 0 aliphatic rings. The van der Waals surface area contributed by atoms with Crippen LogP contribution in [0, 0.1) is 0 Å². The van der Waals surface area contributed by atoms with Crippen molar-refractivity contribution in [2.45, 2.75) is 228 Å². The van der Waals surface area contributed by atoms with Crippen LogP contribution in [0.15, 0.2) is 0 Å². The molecule has 0 nitrogen and oxygen atoms in total. The predicted molar refractivity (Wildman–Crippen MR) is 177 cm³/mol. The number of hydrogen-bond donors (Lipinski definition) is 0. The van der Waals surface area contributed by atoms with Crippen molar-refractivity contribution in [3.63, 3.8) is 0 Å². The van der Waals surface area contributed by atoms with Gasteiger partial charge in [-0.15, -0.1) is 0 Å². The summed E-state index contributed by atoms with van der Waals surface area (Å²) in [5.74, 6) is 0. The van der Waals surface area contributed by atoms with E-state index in [0.29, 0.717) is 0 Å². The fourth-order valence-corrected chi connectivity index (χ4v) is 16.6. The van der Waals surface area contributed by atoms with E-state index in [0.717, 1.165) is 0 Å². The zero-order valence-corrected chi connectivity index (χ0v) is 29.0. The zero-order chi connectivity index (χ0) is 27.1. The van der Waals surface area contributed by atoms with Crippen LogP contribution in [0.5, 0.6) is 0 Å². The Morgan fingerprint density at radius 3 is 0.568 bits per heavy atom. The van der Waals surface area contributed by atoms with Gasteiger partial charge in [-0.2, -0.15) is 0 Å². The molecule has 0 N–H and O–H groups in total. The number of rotatable bonds is 32. The van der Waals surface area contributed by atoms with Crippen molar-refractivity contribution in [3.05, 3.63) is 0 Å². The molecule has 0 rings (SSSR count). The summed E-state index contributed by atoms with van der Waals surface area (Å²) in [6.07, 6.45) is 41.8. The second-order valence-electron chi connectivity index (χ2n) is 12.7. The van der Waals surface area contributed by atoms with Crippen LogP contribution in [0.25, 0.3) is 0 Å². The minimum atomic E-state index is -1.52. The molecular formula is C36H76As+. The standard InChI is InChI=1S/C36H76As/c1-5-9-13-17-21-25-29-33-37(34-30-26-22-18-14-10-6-2,35-31-27-23-19-15-11-7-3)36-32-28-24-20-16-12-8-4/h5-36H2,1-4H3/q+1. The second kappa shape index (κ2) is 31.1. The Kier molecular flexibility index (Phi) is 31.6. The maximum absolute atomic E-state index is 2.35. The van der Waals surface area contributed by atoms with Crippen LogP contribution in [0.3, 0.4) is 0 Å². The molecule has 37 heavy (non-hydrogen) atoms. The molecule has 224 valence electrons. The Bertz CT molecular complexity index is 326. The summed E-state index contributed by atoms with van der Waals surface area (Å²) in [5.41, 5.74) is 0. The number of hydrogen-bond acceptors (Lipinski definition) is 0. The van der Waals surface area contributed by atoms with Crippen molar-refractivity contribution in [3.8, 4) is 0 Å². The molecule has 0 unspecified atom stereocenters. The van der Waals surface area contributed by atoms with Gasteiger partial charge < -0.3 is 0 Å². The van der Waals surface area contributed by atoms with Crippen molar-refractivity contribution < 1.29 is 0 Å². The summed E-state index contributed by atoms with van der Waals surface area (Å²) in [5, 5.41) is 6.86. The van der Waals surface area contributed by atoms with E-state index in [9.17, 15) is 0 Å². The van der Waals surface area contributed by atoms with Crippen LogP contribution in [-0.2, 0) is 0 Å². The van der Waals surface area contributed by atoms with E-state index in [-0.39, 0.29) is 0 Å². The molecular weight excluding hydrogens is 507 g/mol. The van der Waals surface area contributed by atoms with Gasteiger partial charge in [-0.1, -0.05) is 0 Å². The molecule has 0 aromatic carbocycles. The van der Waals surface area contributed by atoms with Crippen LogP contribution in [0.1, 0.15) is 207 Å². The summed E-state index contributed by atoms with van der Waals surface area (Å²) < 4.78 is 0. The SMILES string of the molecule is CCCCCCCCC[As+](CCCCCCCCC)(CCCCCCCCC)CCCCCCCCC. The van der Waals surface area contributed by atoms with Gasteiger partial charge in [0, 0.05) is 0 Å². The summed E-state index contributed by atoms with van der Waals surface area (Å²) in [6, 6.07) is 0. The Morgan fingerprint density at radius 1 is 0.216 bits per heavy atom. The van der Waals surface area contributed by atoms with Gasteiger partial charge in [0.1, 0.15) is 0 Å². The molecule has 0 bridgehead atoms. The third kappa shape index (κ3) is 26.5. The van der Waals surface area contributed by atoms with Gasteiger partial charge in [0.25, 0.3) is 0 Å². The fraction of sp³-hybridized carbons (Fsp3) is 1.00. The molecule has 0 saturated carbocycles. The number of unbranched alkanes of at least 4 members (excludes halogenated alkanes) is 24. The fourth-order valence-electron chi connectivity index (χ4n) is 6.29. The Balaban J connectivity index is 4.78. The quantitative estimate of drug-likeness (QED) is 0.0546. The molecule has 0 amide bonds. The molecule has 0 spiro atoms. The van der Waals surface area contributed by atoms with Gasteiger partial charge in [0.2, 0.25) is 0 Å². The predicted octanol–water partition coefficient (Wildman–Crippen LogP) is 14.4. The van der Waals surface area contributed by atoms with Crippen molar-refractivity contribution in [2.75, 3.05) is 0 Å². The molecule has 0 fully saturated rings. The molecule has 0 aromatic heterocycles. The molecule has 0 aromatic rings. The van der Waals surface area contributed by atoms with Gasteiger partial charge >= 0.3 is 242 Å². The normalized spacial score (nSPS) is 12.0. The van der Waals surface area contributed by atoms with Crippen molar-refractivity contribution in [2.24, 2.45) is 0 Å². The van der Waals surface area contributed by atoms with E-state index in [2.05, 4.69) is 27.7 Å². The first-order valence-corrected chi connectivity index (χ1v) is 23.4. The van der Waals surface area contributed by atoms with E-state index < -0.39 is 13.6 Å². The van der Waals surface area contributed by atoms with Crippen LogP contribution in [0.2, 0.25) is 20.8 Å². The molecule has 0 atom stereocenters. The molecule has 0 radical (unpaired) electrons. The van der Waals surface area contributed by atoms with Crippen molar-refractivity contribution >= 4 is 13.6 Å². The third-order valence-corrected chi connectivity index (χ3v) is 19.6. The van der Waals surface area contributed by atoms with E-state index in [1.54, 1.807) is 46.5 Å². The topological polar surface area (TPSA) is 0 Å². The first-order chi connectivity index (χ1) is 18.2. The first-order valence-electron chi connectivity index (χ1n) is 18.1. The zero-order valence-electron chi connectivity index (χ0n) is 27.1. The van der Waals surface area contributed by atoms with Crippen LogP contribution < -0.4 is 0 Å². The van der Waals surface area contributed by atoms with Gasteiger partial charge in [-0.05, 0) is 0 Å². The maximum atomic E-state index is 2.35. The average molecular weight is 584 g/mol. The third-order valence-electron chi connectivity index (χ3n) is 8.94. The van der Waals surface area contributed by atoms with E-state index in [1.165, 1.54) is 154 Å². The summed E-state index contributed by atoms with van der Waals surface area (Å²) in [7, 11) is 0. The summed E-state index contributed by atoms with van der Waals surface area (Å²) in [4.78, 5) is 0. The molecule has 0 aliphatic heterocycles. The second-order valence-corrected chi connectivity index (χ2v) is 22.1. The van der Waals surface area contributed by atoms with Crippen LogP contribution >= 0.6 is 0 Å². The average Bonchev–Trinajstić information content (AvgIpc) is 2.91. The van der Waals surface area contributed by atoms with Crippen LogP contribution in [0.4, 0.5) is 0 Å². The summed E-state index contributed by atoms with van der Waals surface area (Å²) in [6.45, 7) is 9.38. The van der Waals surface area contributed by atoms with E-state index in [1.807, 2.05) is 0 Å². The van der Waals surface area contributed by atoms with E-state index >= 15 is 0 Å². The summed E-state index contributed by atoms with van der Waals surface area (Å²) >= 11 is -1.52. The van der Waals surface area contributed by atoms with Gasteiger partial charge in [0.05, 0.1) is 0 Å². The van der Waals surface area contributed by atoms with Crippen molar-refractivity contribution in [1.29, 1.82) is 0 Å². The first kappa shape index (κ1) is 37.6. The Morgan fingerprint density at radius 2 is 0.378 bits per heavy atom. The Hall–Kier alpha value is 0.558. The Labute approximate surface area is 241 Å².